The second kappa shape index (κ2) is 14.0. The summed E-state index contributed by atoms with van der Waals surface area (Å²) in [6, 6.07) is 3.46. The van der Waals surface area contributed by atoms with E-state index in [-0.39, 0.29) is 18.2 Å². The Hall–Kier alpha value is -3.35. The lowest BCUT2D eigenvalue weighted by Crippen LogP contribution is -2.57. The van der Waals surface area contributed by atoms with Gasteiger partial charge in [-0.3, -0.25) is 29.2 Å². The molecular weight excluding hydrogens is 552 g/mol. The molecule has 1 aromatic carbocycles. The van der Waals surface area contributed by atoms with Crippen molar-refractivity contribution in [2.45, 2.75) is 82.5 Å². The van der Waals surface area contributed by atoms with E-state index in [2.05, 4.69) is 26.1 Å². The number of amides is 3. The van der Waals surface area contributed by atoms with Crippen molar-refractivity contribution < 1.29 is 28.7 Å². The number of hydrogen-bond acceptors (Lipinski definition) is 8. The van der Waals surface area contributed by atoms with E-state index >= 15 is 0 Å². The van der Waals surface area contributed by atoms with E-state index in [1.807, 2.05) is 23.1 Å². The van der Waals surface area contributed by atoms with Crippen LogP contribution in [0.5, 0.6) is 0 Å². The Morgan fingerprint density at radius 3 is 2.51 bits per heavy atom. The minimum absolute atomic E-state index is 0.119. The van der Waals surface area contributed by atoms with Crippen molar-refractivity contribution in [3.05, 3.63) is 30.0 Å². The van der Waals surface area contributed by atoms with Gasteiger partial charge < -0.3 is 25.4 Å². The third-order valence-corrected chi connectivity index (χ3v) is 8.88. The van der Waals surface area contributed by atoms with Crippen molar-refractivity contribution in [1.82, 2.24) is 31.0 Å². The van der Waals surface area contributed by atoms with Gasteiger partial charge >= 0.3 is 0 Å². The van der Waals surface area contributed by atoms with Gasteiger partial charge in [0, 0.05) is 18.5 Å². The van der Waals surface area contributed by atoms with Gasteiger partial charge in [-0.05, 0) is 56.7 Å². The van der Waals surface area contributed by atoms with Crippen LogP contribution >= 0.6 is 0 Å². The maximum atomic E-state index is 13.8. The summed E-state index contributed by atoms with van der Waals surface area (Å²) < 4.78 is 10.8. The van der Waals surface area contributed by atoms with E-state index in [0.717, 1.165) is 42.1 Å². The molecule has 3 heterocycles. The number of aromatic nitrogens is 2. The standard InChI is InChI=1S/C31H44N6O6/c1-20(33-27(38)18-37-11-13-42-14-12-37)29(40)34-25(10-8-22-7-9-24-23(15-22)17-32-36-24)30(41)35-26(16-21-5-3-4-6-21)28(39)31(2)19-43-31/h7,9,15,17,20-21,25-26H,3-6,8,10-14,16,18-19H2,1-2H3,(H,32,36)(H,33,38)(H,34,40)(H,35,41)/t20-,25-,26-,31+/m0/s1. The van der Waals surface area contributed by atoms with Crippen LogP contribution in [0.3, 0.4) is 0 Å². The lowest BCUT2D eigenvalue weighted by Gasteiger charge is -2.27. The molecule has 2 aliphatic heterocycles. The molecule has 0 spiro atoms. The highest BCUT2D eigenvalue weighted by molar-refractivity contribution is 5.98. The molecule has 0 unspecified atom stereocenters. The first-order valence-electron chi connectivity index (χ1n) is 15.5. The van der Waals surface area contributed by atoms with Crippen molar-refractivity contribution in [3.8, 4) is 0 Å². The second-order valence-electron chi connectivity index (χ2n) is 12.4. The smallest absolute Gasteiger partial charge is 0.243 e. The molecule has 0 radical (unpaired) electrons. The Kier molecular flexibility index (Phi) is 10.1. The number of aryl methyl sites for hydroxylation is 1. The summed E-state index contributed by atoms with van der Waals surface area (Å²) in [7, 11) is 0. The number of ketones is 1. The lowest BCUT2D eigenvalue weighted by atomic mass is 9.90. The van der Waals surface area contributed by atoms with Crippen LogP contribution < -0.4 is 16.0 Å². The molecule has 5 rings (SSSR count). The highest BCUT2D eigenvalue weighted by Gasteiger charge is 2.50. The van der Waals surface area contributed by atoms with Crippen LogP contribution in [0.15, 0.2) is 24.4 Å². The highest BCUT2D eigenvalue weighted by atomic mass is 16.6. The number of benzene rings is 1. The molecule has 1 aliphatic carbocycles. The lowest BCUT2D eigenvalue weighted by molar-refractivity contribution is -0.134. The van der Waals surface area contributed by atoms with Crippen LogP contribution in [-0.4, -0.2) is 102 Å². The van der Waals surface area contributed by atoms with E-state index in [9.17, 15) is 19.2 Å². The van der Waals surface area contributed by atoms with Crippen molar-refractivity contribution >= 4 is 34.4 Å². The number of carbonyl (C=O) groups excluding carboxylic acids is 4. The van der Waals surface area contributed by atoms with E-state index in [1.54, 1.807) is 20.0 Å². The van der Waals surface area contributed by atoms with Crippen molar-refractivity contribution in [2.24, 2.45) is 5.92 Å². The summed E-state index contributed by atoms with van der Waals surface area (Å²) in [4.78, 5) is 55.0. The largest absolute Gasteiger partial charge is 0.379 e. The predicted octanol–water partition coefficient (Wildman–Crippen LogP) is 1.24. The average Bonchev–Trinajstić information content (AvgIpc) is 3.35. The van der Waals surface area contributed by atoms with Crippen molar-refractivity contribution in [1.29, 1.82) is 0 Å². The summed E-state index contributed by atoms with van der Waals surface area (Å²) in [6.45, 7) is 6.35. The number of epoxide rings is 1. The molecule has 1 aromatic heterocycles. The van der Waals surface area contributed by atoms with E-state index in [0.29, 0.717) is 58.1 Å². The topological polar surface area (TPSA) is 158 Å². The normalized spacial score (nSPS) is 22.9. The van der Waals surface area contributed by atoms with Crippen LogP contribution in [0.25, 0.3) is 10.9 Å². The fourth-order valence-electron chi connectivity index (χ4n) is 6.04. The Morgan fingerprint density at radius 1 is 1.07 bits per heavy atom. The van der Waals surface area contributed by atoms with Crippen LogP contribution in [0.1, 0.15) is 57.9 Å². The van der Waals surface area contributed by atoms with E-state index in [4.69, 9.17) is 9.47 Å². The summed E-state index contributed by atoms with van der Waals surface area (Å²) in [5, 5.41) is 16.6. The van der Waals surface area contributed by atoms with Gasteiger partial charge in [0.15, 0.2) is 5.78 Å². The fourth-order valence-corrected chi connectivity index (χ4v) is 6.04. The summed E-state index contributed by atoms with van der Waals surface area (Å²) in [6.07, 6.45) is 7.46. The molecule has 3 amide bonds. The second-order valence-corrected chi connectivity index (χ2v) is 12.4. The molecular formula is C31H44N6O6. The summed E-state index contributed by atoms with van der Waals surface area (Å²) in [5.74, 6) is -0.888. The molecule has 4 atom stereocenters. The first kappa shape index (κ1) is 31.1. The number of carbonyl (C=O) groups is 4. The number of rotatable bonds is 14. The SMILES string of the molecule is C[C@H](NC(=O)CN1CCOCC1)C(=O)N[C@@H](CCc1ccc2[nH]ncc2c1)C(=O)N[C@@H](CC1CCCC1)C(=O)[C@@]1(C)CO1. The van der Waals surface area contributed by atoms with Gasteiger partial charge in [-0.2, -0.15) is 5.10 Å². The van der Waals surface area contributed by atoms with Gasteiger partial charge in [0.1, 0.15) is 17.7 Å². The number of morpholine rings is 1. The van der Waals surface area contributed by atoms with Crippen molar-refractivity contribution in [3.63, 3.8) is 0 Å². The third kappa shape index (κ3) is 8.39. The van der Waals surface area contributed by atoms with Crippen LogP contribution in [0, 0.1) is 5.92 Å². The van der Waals surface area contributed by atoms with Crippen LogP contribution in [-0.2, 0) is 35.1 Å². The third-order valence-electron chi connectivity index (χ3n) is 8.88. The predicted molar refractivity (Wildman–Crippen MR) is 159 cm³/mol. The first-order valence-corrected chi connectivity index (χ1v) is 15.5. The molecule has 3 fully saturated rings. The fraction of sp³-hybridized carbons (Fsp3) is 0.645. The maximum Gasteiger partial charge on any atom is 0.243 e. The monoisotopic (exact) mass is 596 g/mol. The number of H-pyrrole nitrogens is 1. The van der Waals surface area contributed by atoms with Crippen molar-refractivity contribution in [2.75, 3.05) is 39.5 Å². The molecule has 234 valence electrons. The molecule has 4 N–H and O–H groups in total. The molecule has 0 bridgehead atoms. The molecule has 2 aromatic rings. The number of hydrogen-bond donors (Lipinski definition) is 4. The zero-order valence-corrected chi connectivity index (χ0v) is 25.2. The number of aromatic amines is 1. The molecule has 12 heteroatoms. The van der Waals surface area contributed by atoms with Crippen LogP contribution in [0.2, 0.25) is 0 Å². The number of nitrogens with zero attached hydrogens (tertiary/aromatic N) is 2. The number of ether oxygens (including phenoxy) is 2. The minimum atomic E-state index is -0.905. The quantitative estimate of drug-likeness (QED) is 0.237. The van der Waals surface area contributed by atoms with Gasteiger partial charge in [-0.25, -0.2) is 0 Å². The van der Waals surface area contributed by atoms with Gasteiger partial charge in [0.2, 0.25) is 17.7 Å². The van der Waals surface area contributed by atoms with Gasteiger partial charge in [-0.1, -0.05) is 31.7 Å². The molecule has 2 saturated heterocycles. The van der Waals surface area contributed by atoms with Gasteiger partial charge in [-0.15, -0.1) is 0 Å². The maximum absolute atomic E-state index is 13.8. The Morgan fingerprint density at radius 2 is 1.79 bits per heavy atom. The Balaban J connectivity index is 1.25. The van der Waals surface area contributed by atoms with Gasteiger partial charge in [0.25, 0.3) is 0 Å². The highest BCUT2D eigenvalue weighted by Crippen LogP contribution is 2.33. The van der Waals surface area contributed by atoms with Crippen LogP contribution in [0.4, 0.5) is 0 Å². The average molecular weight is 597 g/mol. The summed E-state index contributed by atoms with van der Waals surface area (Å²) >= 11 is 0. The van der Waals surface area contributed by atoms with E-state index < -0.39 is 35.5 Å². The number of fused-ring (bicyclic) bond motifs is 1. The number of nitrogens with one attached hydrogen (secondary N) is 4. The molecule has 43 heavy (non-hydrogen) atoms. The Bertz CT molecular complexity index is 1300. The molecule has 12 nitrogen and oxygen atoms in total. The number of Topliss-reactive ketones (excluding diaryl/α,β-unsaturated/α-hetero) is 1. The summed E-state index contributed by atoms with van der Waals surface area (Å²) in [5.41, 5.74) is 1.04. The minimum Gasteiger partial charge on any atom is -0.379 e. The molecule has 1 saturated carbocycles. The zero-order chi connectivity index (χ0) is 30.4. The Labute approximate surface area is 252 Å². The zero-order valence-electron chi connectivity index (χ0n) is 25.2. The molecule has 3 aliphatic rings. The van der Waals surface area contributed by atoms with E-state index in [1.165, 1.54) is 0 Å². The first-order chi connectivity index (χ1) is 20.7. The van der Waals surface area contributed by atoms with Gasteiger partial charge in [0.05, 0.1) is 44.1 Å².